The topological polar surface area (TPSA) is 79.0 Å². The van der Waals surface area contributed by atoms with Gasteiger partial charge in [-0.3, -0.25) is 24.6 Å². The molecule has 3 fully saturated rings. The van der Waals surface area contributed by atoms with Gasteiger partial charge in [-0.05, 0) is 60.9 Å². The highest BCUT2D eigenvalue weighted by Gasteiger charge is 2.40. The Balaban J connectivity index is 1.09. The molecule has 1 N–H and O–H groups in total. The molecule has 7 nitrogen and oxygen atoms in total. The number of benzene rings is 2. The van der Waals surface area contributed by atoms with Crippen molar-refractivity contribution in [2.75, 3.05) is 13.1 Å². The number of carbonyl (C=O) groups is 3. The highest BCUT2D eigenvalue weighted by Crippen LogP contribution is 2.35. The van der Waals surface area contributed by atoms with Crippen molar-refractivity contribution in [3.8, 4) is 5.75 Å². The average Bonchev–Trinajstić information content (AvgIpc) is 3.18. The first-order valence-corrected chi connectivity index (χ1v) is 13.3. The number of nitrogens with zero attached hydrogens (tertiary/aromatic N) is 2. The van der Waals surface area contributed by atoms with Crippen LogP contribution in [0.1, 0.15) is 60.0 Å². The van der Waals surface area contributed by atoms with Crippen LogP contribution in [0.15, 0.2) is 48.5 Å². The van der Waals surface area contributed by atoms with Gasteiger partial charge in [0.1, 0.15) is 17.9 Å². The first kappa shape index (κ1) is 23.2. The summed E-state index contributed by atoms with van der Waals surface area (Å²) in [5, 5.41) is 2.38. The standard InChI is InChI=1S/C29H33N3O4/c33-27-13-12-26(28(34)30-27)32-16-21-15-19(10-11-24(21)29(32)35)14-20-6-4-5-9-25(20)31-17-23(18-31)36-22-7-2-1-3-8-22/h1-3,7-8,10-11,15,20,23,25-26H,4-6,9,12-14,16-18H2,(H,30,33,34)/t20-,25+,26?/m1/s1. The second-order valence-corrected chi connectivity index (χ2v) is 10.7. The maximum atomic E-state index is 13.0. The lowest BCUT2D eigenvalue weighted by atomic mass is 9.78. The first-order valence-electron chi connectivity index (χ1n) is 13.3. The van der Waals surface area contributed by atoms with Crippen LogP contribution in [0.2, 0.25) is 0 Å². The molecule has 0 radical (unpaired) electrons. The highest BCUT2D eigenvalue weighted by molar-refractivity contribution is 6.05. The lowest BCUT2D eigenvalue weighted by Gasteiger charge is -2.48. The van der Waals surface area contributed by atoms with E-state index in [0.717, 1.165) is 30.8 Å². The van der Waals surface area contributed by atoms with E-state index in [1.807, 2.05) is 36.4 Å². The SMILES string of the molecule is O=C1CCC(N2Cc3cc(C[C@H]4CCCC[C@@H]4N4CC(Oc5ccccc5)C4)ccc3C2=O)C(=O)N1. The third-order valence-electron chi connectivity index (χ3n) is 8.35. The van der Waals surface area contributed by atoms with Crippen LogP contribution in [0.3, 0.4) is 0 Å². The number of carbonyl (C=O) groups excluding carboxylic acids is 3. The van der Waals surface area contributed by atoms with Crippen molar-refractivity contribution in [2.45, 2.75) is 69.7 Å². The van der Waals surface area contributed by atoms with Crippen molar-refractivity contribution in [1.82, 2.24) is 15.1 Å². The number of hydrogen-bond donors (Lipinski definition) is 1. The van der Waals surface area contributed by atoms with Crippen LogP contribution in [0.4, 0.5) is 0 Å². The average molecular weight is 488 g/mol. The Morgan fingerprint density at radius 1 is 0.944 bits per heavy atom. The molecule has 2 saturated heterocycles. The molecule has 6 rings (SSSR count). The van der Waals surface area contributed by atoms with E-state index in [9.17, 15) is 14.4 Å². The summed E-state index contributed by atoms with van der Waals surface area (Å²) in [4.78, 5) is 41.1. The summed E-state index contributed by atoms with van der Waals surface area (Å²) in [6.45, 7) is 2.40. The van der Waals surface area contributed by atoms with Crippen molar-refractivity contribution < 1.29 is 19.1 Å². The smallest absolute Gasteiger partial charge is 0.255 e. The maximum Gasteiger partial charge on any atom is 0.255 e. The van der Waals surface area contributed by atoms with E-state index < -0.39 is 6.04 Å². The zero-order chi connectivity index (χ0) is 24.6. The molecule has 2 aromatic rings. The maximum absolute atomic E-state index is 13.0. The molecule has 1 saturated carbocycles. The minimum Gasteiger partial charge on any atom is -0.488 e. The van der Waals surface area contributed by atoms with Crippen molar-refractivity contribution in [3.63, 3.8) is 0 Å². The Labute approximate surface area is 211 Å². The number of piperidine rings is 1. The van der Waals surface area contributed by atoms with Gasteiger partial charge in [-0.15, -0.1) is 0 Å². The van der Waals surface area contributed by atoms with Crippen molar-refractivity contribution in [1.29, 1.82) is 0 Å². The second kappa shape index (κ2) is 9.69. The van der Waals surface area contributed by atoms with Crippen LogP contribution >= 0.6 is 0 Å². The summed E-state index contributed by atoms with van der Waals surface area (Å²) in [5.74, 6) is 0.817. The minimum absolute atomic E-state index is 0.105. The van der Waals surface area contributed by atoms with Crippen LogP contribution in [0, 0.1) is 5.92 Å². The van der Waals surface area contributed by atoms with Crippen LogP contribution in [-0.4, -0.2) is 58.8 Å². The number of imide groups is 1. The first-order chi connectivity index (χ1) is 17.5. The van der Waals surface area contributed by atoms with Crippen molar-refractivity contribution in [3.05, 3.63) is 65.2 Å². The molecule has 3 heterocycles. The molecule has 0 bridgehead atoms. The molecule has 36 heavy (non-hydrogen) atoms. The number of nitrogens with one attached hydrogen (secondary N) is 1. The Kier molecular flexibility index (Phi) is 6.25. The Morgan fingerprint density at radius 3 is 2.56 bits per heavy atom. The summed E-state index contributed by atoms with van der Waals surface area (Å²) in [6, 6.07) is 16.3. The molecular formula is C29H33N3O4. The van der Waals surface area contributed by atoms with Gasteiger partial charge in [0.2, 0.25) is 11.8 Å². The van der Waals surface area contributed by atoms with Gasteiger partial charge >= 0.3 is 0 Å². The predicted octanol–water partition coefficient (Wildman–Crippen LogP) is 3.31. The predicted molar refractivity (Wildman–Crippen MR) is 134 cm³/mol. The van der Waals surface area contributed by atoms with Crippen LogP contribution in [0.5, 0.6) is 5.75 Å². The van der Waals surface area contributed by atoms with Gasteiger partial charge in [-0.2, -0.15) is 0 Å². The summed E-state index contributed by atoms with van der Waals surface area (Å²) < 4.78 is 6.13. The molecule has 1 aliphatic carbocycles. The molecule has 0 spiro atoms. The number of amides is 3. The number of rotatable bonds is 6. The number of para-hydroxylation sites is 1. The normalized spacial score (nSPS) is 26.9. The minimum atomic E-state index is -0.564. The Hall–Kier alpha value is -3.19. The van der Waals surface area contributed by atoms with E-state index in [-0.39, 0.29) is 30.2 Å². The van der Waals surface area contributed by atoms with Gasteiger partial charge in [-0.1, -0.05) is 43.2 Å². The summed E-state index contributed by atoms with van der Waals surface area (Å²) in [7, 11) is 0. The monoisotopic (exact) mass is 487 g/mol. The summed E-state index contributed by atoms with van der Waals surface area (Å²) >= 11 is 0. The lowest BCUT2D eigenvalue weighted by molar-refractivity contribution is -0.136. The summed E-state index contributed by atoms with van der Waals surface area (Å²) in [6.07, 6.45) is 6.95. The van der Waals surface area contributed by atoms with Gasteiger partial charge in [0.05, 0.1) is 0 Å². The zero-order valence-electron chi connectivity index (χ0n) is 20.5. The van der Waals surface area contributed by atoms with Gasteiger partial charge in [-0.25, -0.2) is 0 Å². The third-order valence-corrected chi connectivity index (χ3v) is 8.35. The van der Waals surface area contributed by atoms with Crippen LogP contribution < -0.4 is 10.1 Å². The van der Waals surface area contributed by atoms with Crippen LogP contribution in [-0.2, 0) is 22.6 Å². The van der Waals surface area contributed by atoms with E-state index in [0.29, 0.717) is 30.5 Å². The molecule has 1 unspecified atom stereocenters. The quantitative estimate of drug-likeness (QED) is 0.633. The Morgan fingerprint density at radius 2 is 1.75 bits per heavy atom. The molecule has 0 aromatic heterocycles. The number of hydrogen-bond acceptors (Lipinski definition) is 5. The number of fused-ring (bicyclic) bond motifs is 1. The van der Waals surface area contributed by atoms with Gasteiger partial charge in [0, 0.05) is 37.7 Å². The molecule has 188 valence electrons. The third kappa shape index (κ3) is 4.52. The fourth-order valence-electron chi connectivity index (χ4n) is 6.47. The molecule has 7 heteroatoms. The van der Waals surface area contributed by atoms with E-state index in [4.69, 9.17) is 4.74 Å². The van der Waals surface area contributed by atoms with E-state index in [2.05, 4.69) is 22.3 Å². The summed E-state index contributed by atoms with van der Waals surface area (Å²) in [5.41, 5.74) is 2.95. The van der Waals surface area contributed by atoms with Gasteiger partial charge in [0.25, 0.3) is 5.91 Å². The fourth-order valence-corrected chi connectivity index (χ4v) is 6.47. The number of likely N-dealkylation sites (tertiary alicyclic amines) is 1. The molecular weight excluding hydrogens is 454 g/mol. The molecule has 2 aromatic carbocycles. The largest absolute Gasteiger partial charge is 0.488 e. The Bertz CT molecular complexity index is 1160. The molecule has 3 atom stereocenters. The van der Waals surface area contributed by atoms with E-state index >= 15 is 0 Å². The van der Waals surface area contributed by atoms with Gasteiger partial charge < -0.3 is 9.64 Å². The second-order valence-electron chi connectivity index (χ2n) is 10.7. The fraction of sp³-hybridized carbons (Fsp3) is 0.483. The van der Waals surface area contributed by atoms with Gasteiger partial charge in [0.15, 0.2) is 0 Å². The van der Waals surface area contributed by atoms with Crippen molar-refractivity contribution >= 4 is 17.7 Å². The molecule has 3 amide bonds. The highest BCUT2D eigenvalue weighted by atomic mass is 16.5. The van der Waals surface area contributed by atoms with Crippen LogP contribution in [0.25, 0.3) is 0 Å². The lowest BCUT2D eigenvalue weighted by Crippen LogP contribution is -2.60. The zero-order valence-corrected chi connectivity index (χ0v) is 20.5. The number of ether oxygens (including phenoxy) is 1. The van der Waals surface area contributed by atoms with E-state index in [1.54, 1.807) is 4.90 Å². The molecule has 3 aliphatic heterocycles. The molecule has 4 aliphatic rings. The van der Waals surface area contributed by atoms with Crippen molar-refractivity contribution in [2.24, 2.45) is 5.92 Å². The van der Waals surface area contributed by atoms with E-state index in [1.165, 1.54) is 31.2 Å².